The van der Waals surface area contributed by atoms with E-state index >= 15 is 0 Å². The second-order valence-corrected chi connectivity index (χ2v) is 6.57. The van der Waals surface area contributed by atoms with Gasteiger partial charge >= 0.3 is 10.1 Å². The molecule has 0 radical (unpaired) electrons. The van der Waals surface area contributed by atoms with Crippen LogP contribution >= 0.6 is 11.6 Å². The van der Waals surface area contributed by atoms with Crippen LogP contribution in [0.3, 0.4) is 0 Å². The Bertz CT molecular complexity index is 934. The molecule has 7 nitrogen and oxygen atoms in total. The first kappa shape index (κ1) is 18.6. The summed E-state index contributed by atoms with van der Waals surface area (Å²) in [6.45, 7) is 0. The Morgan fingerprint density at radius 2 is 1.72 bits per heavy atom. The van der Waals surface area contributed by atoms with Crippen molar-refractivity contribution in [3.05, 3.63) is 53.1 Å². The Hall–Kier alpha value is -2.76. The molecule has 130 valence electrons. The lowest BCUT2D eigenvalue weighted by atomic mass is 10.1. The highest BCUT2D eigenvalue weighted by atomic mass is 35.5. The van der Waals surface area contributed by atoms with E-state index in [1.807, 2.05) is 0 Å². The van der Waals surface area contributed by atoms with E-state index in [1.54, 1.807) is 12.1 Å². The summed E-state index contributed by atoms with van der Waals surface area (Å²) in [7, 11) is -1.26. The molecule has 0 aliphatic heterocycles. The van der Waals surface area contributed by atoms with Crippen molar-refractivity contribution in [3.63, 3.8) is 0 Å². The minimum atomic E-state index is -4.17. The van der Waals surface area contributed by atoms with Crippen LogP contribution in [-0.4, -0.2) is 28.3 Å². The van der Waals surface area contributed by atoms with E-state index in [0.29, 0.717) is 22.1 Å². The van der Waals surface area contributed by atoms with E-state index in [2.05, 4.69) is 9.44 Å². The molecule has 0 saturated carbocycles. The summed E-state index contributed by atoms with van der Waals surface area (Å²) < 4.78 is 39.0. The van der Waals surface area contributed by atoms with Crippen LogP contribution < -0.4 is 9.47 Å². The van der Waals surface area contributed by atoms with E-state index in [0.717, 1.165) is 0 Å². The van der Waals surface area contributed by atoms with Gasteiger partial charge in [-0.25, -0.2) is 0 Å². The molecule has 2 aromatic rings. The number of hydrogen-bond donors (Lipinski definition) is 0. The van der Waals surface area contributed by atoms with Crippen LogP contribution in [0.15, 0.2) is 52.5 Å². The standard InChI is InChI=1S/C16H13ClN2O5S/c1-22-15-8-3-11(9-16(15)23-2)14(10-18)19-24-25(20,21)13-6-4-12(17)5-7-13/h3-9H,1-2H3. The molecular formula is C16H13ClN2O5S. The van der Waals surface area contributed by atoms with Gasteiger partial charge in [-0.3, -0.25) is 4.28 Å². The fourth-order valence-electron chi connectivity index (χ4n) is 1.85. The van der Waals surface area contributed by atoms with Crippen LogP contribution in [0, 0.1) is 11.3 Å². The number of oxime groups is 1. The van der Waals surface area contributed by atoms with Gasteiger partial charge in [0.25, 0.3) is 0 Å². The largest absolute Gasteiger partial charge is 0.493 e. The predicted molar refractivity (Wildman–Crippen MR) is 91.4 cm³/mol. The molecule has 0 amide bonds. The van der Waals surface area contributed by atoms with Crippen LogP contribution in [0.5, 0.6) is 11.5 Å². The van der Waals surface area contributed by atoms with Gasteiger partial charge < -0.3 is 9.47 Å². The van der Waals surface area contributed by atoms with Crippen molar-refractivity contribution < 1.29 is 22.2 Å². The molecule has 0 unspecified atom stereocenters. The molecule has 9 heteroatoms. The second kappa shape index (κ2) is 7.88. The molecule has 0 aromatic heterocycles. The van der Waals surface area contributed by atoms with Gasteiger partial charge in [-0.1, -0.05) is 16.8 Å². The van der Waals surface area contributed by atoms with Crippen molar-refractivity contribution in [2.45, 2.75) is 4.90 Å². The van der Waals surface area contributed by atoms with Crippen molar-refractivity contribution in [1.29, 1.82) is 5.26 Å². The molecule has 0 saturated heterocycles. The zero-order valence-corrected chi connectivity index (χ0v) is 14.8. The molecule has 0 spiro atoms. The lowest BCUT2D eigenvalue weighted by molar-refractivity contribution is 0.339. The number of halogens is 1. The summed E-state index contributed by atoms with van der Waals surface area (Å²) in [6, 6.07) is 11.7. The topological polar surface area (TPSA) is 98.0 Å². The Kier molecular flexibility index (Phi) is 5.85. The van der Waals surface area contributed by atoms with Crippen LogP contribution in [0.4, 0.5) is 0 Å². The zero-order valence-electron chi connectivity index (χ0n) is 13.3. The van der Waals surface area contributed by atoms with E-state index in [-0.39, 0.29) is 10.6 Å². The smallest absolute Gasteiger partial charge is 0.358 e. The van der Waals surface area contributed by atoms with Gasteiger partial charge in [0.2, 0.25) is 0 Å². The zero-order chi connectivity index (χ0) is 18.4. The molecule has 0 aliphatic carbocycles. The highest BCUT2D eigenvalue weighted by molar-refractivity contribution is 7.86. The van der Waals surface area contributed by atoms with E-state index < -0.39 is 10.1 Å². The van der Waals surface area contributed by atoms with E-state index in [1.165, 1.54) is 50.6 Å². The molecule has 25 heavy (non-hydrogen) atoms. The molecule has 0 heterocycles. The normalized spacial score (nSPS) is 11.5. The first-order valence-electron chi connectivity index (χ1n) is 6.81. The fourth-order valence-corrected chi connectivity index (χ4v) is 2.71. The number of rotatable bonds is 6. The molecule has 0 bridgehead atoms. The number of hydrogen-bond acceptors (Lipinski definition) is 7. The lowest BCUT2D eigenvalue weighted by Gasteiger charge is -2.08. The van der Waals surface area contributed by atoms with Crippen LogP contribution in [-0.2, 0) is 14.4 Å². The molecule has 2 aromatic carbocycles. The average molecular weight is 381 g/mol. The molecule has 0 aliphatic rings. The van der Waals surface area contributed by atoms with Gasteiger partial charge in [-0.15, -0.1) is 0 Å². The quantitative estimate of drug-likeness (QED) is 0.564. The number of ether oxygens (including phenoxy) is 2. The monoisotopic (exact) mass is 380 g/mol. The van der Waals surface area contributed by atoms with Crippen LogP contribution in [0.25, 0.3) is 0 Å². The first-order chi connectivity index (χ1) is 11.9. The summed E-state index contributed by atoms with van der Waals surface area (Å²) in [5, 5.41) is 13.1. The lowest BCUT2D eigenvalue weighted by Crippen LogP contribution is -2.06. The fraction of sp³-hybridized carbons (Fsp3) is 0.125. The van der Waals surface area contributed by atoms with Gasteiger partial charge in [0.05, 0.1) is 14.2 Å². The summed E-state index contributed by atoms with van der Waals surface area (Å²) >= 11 is 5.72. The third-order valence-corrected chi connectivity index (χ3v) is 4.46. The highest BCUT2D eigenvalue weighted by Gasteiger charge is 2.17. The minimum Gasteiger partial charge on any atom is -0.493 e. The Morgan fingerprint density at radius 1 is 1.08 bits per heavy atom. The third kappa shape index (κ3) is 4.41. The van der Waals surface area contributed by atoms with Crippen molar-refractivity contribution >= 4 is 27.4 Å². The predicted octanol–water partition coefficient (Wildman–Crippen LogP) is 2.99. The van der Waals surface area contributed by atoms with Gasteiger partial charge in [0.1, 0.15) is 11.0 Å². The van der Waals surface area contributed by atoms with Crippen molar-refractivity contribution in [1.82, 2.24) is 0 Å². The van der Waals surface area contributed by atoms with Gasteiger partial charge in [0.15, 0.2) is 17.2 Å². The second-order valence-electron chi connectivity index (χ2n) is 4.60. The maximum atomic E-state index is 12.1. The van der Waals surface area contributed by atoms with Gasteiger partial charge in [0, 0.05) is 10.6 Å². The van der Waals surface area contributed by atoms with E-state index in [9.17, 15) is 13.7 Å². The summed E-state index contributed by atoms with van der Waals surface area (Å²) in [5.74, 6) is 0.821. The summed E-state index contributed by atoms with van der Waals surface area (Å²) in [5.41, 5.74) is 0.0740. The average Bonchev–Trinajstić information content (AvgIpc) is 2.62. The molecule has 0 atom stereocenters. The number of nitrogens with zero attached hydrogens (tertiary/aromatic N) is 2. The van der Waals surface area contributed by atoms with Crippen molar-refractivity contribution in [2.75, 3.05) is 14.2 Å². The van der Waals surface area contributed by atoms with Gasteiger partial charge in [-0.05, 0) is 42.5 Å². The number of methoxy groups -OCH3 is 2. The highest BCUT2D eigenvalue weighted by Crippen LogP contribution is 2.28. The molecule has 0 N–H and O–H groups in total. The molecule has 2 rings (SSSR count). The Balaban J connectivity index is 2.32. The van der Waals surface area contributed by atoms with E-state index in [4.69, 9.17) is 21.1 Å². The Morgan fingerprint density at radius 3 is 2.28 bits per heavy atom. The number of nitriles is 1. The molecular weight excluding hydrogens is 368 g/mol. The van der Waals surface area contributed by atoms with Crippen molar-refractivity contribution in [3.8, 4) is 17.6 Å². The summed E-state index contributed by atoms with van der Waals surface area (Å²) in [4.78, 5) is -0.134. The first-order valence-corrected chi connectivity index (χ1v) is 8.59. The minimum absolute atomic E-state index is 0.134. The van der Waals surface area contributed by atoms with Gasteiger partial charge in [-0.2, -0.15) is 13.7 Å². The van der Waals surface area contributed by atoms with Crippen LogP contribution in [0.2, 0.25) is 5.02 Å². The maximum absolute atomic E-state index is 12.1. The summed E-state index contributed by atoms with van der Waals surface area (Å²) in [6.07, 6.45) is 0. The van der Waals surface area contributed by atoms with Crippen LogP contribution in [0.1, 0.15) is 5.56 Å². The van der Waals surface area contributed by atoms with Crippen molar-refractivity contribution in [2.24, 2.45) is 5.16 Å². The third-order valence-electron chi connectivity index (χ3n) is 3.09. The maximum Gasteiger partial charge on any atom is 0.358 e. The number of benzene rings is 2. The SMILES string of the molecule is COc1ccc(C(C#N)=NOS(=O)(=O)c2ccc(Cl)cc2)cc1OC. The Labute approximate surface area is 150 Å². The molecule has 0 fully saturated rings.